The number of esters is 1. The number of rotatable bonds is 5. The Morgan fingerprint density at radius 3 is 2.50 bits per heavy atom. The molecule has 0 spiro atoms. The number of likely N-dealkylation sites (tertiary alicyclic amines) is 1. The number of hydrogen-bond donors (Lipinski definition) is 1. The molecule has 1 aliphatic heterocycles. The fourth-order valence-corrected chi connectivity index (χ4v) is 1.83. The first-order chi connectivity index (χ1) is 7.69. The fraction of sp³-hybridized carbons (Fsp3) is 0.818. The average Bonchev–Trinajstić information content (AvgIpc) is 2.82. The van der Waals surface area contributed by atoms with Crippen molar-refractivity contribution in [3.63, 3.8) is 0 Å². The van der Waals surface area contributed by atoms with E-state index in [0.29, 0.717) is 6.42 Å². The lowest BCUT2D eigenvalue weighted by molar-refractivity contribution is -0.143. The molecule has 5 nitrogen and oxygen atoms in total. The molecule has 16 heavy (non-hydrogen) atoms. The van der Waals surface area contributed by atoms with Gasteiger partial charge < -0.3 is 9.64 Å². The summed E-state index contributed by atoms with van der Waals surface area (Å²) in [6.45, 7) is 3.79. The van der Waals surface area contributed by atoms with Gasteiger partial charge in [0, 0.05) is 13.1 Å². The molecule has 0 aromatic rings. The van der Waals surface area contributed by atoms with Crippen molar-refractivity contribution in [1.82, 2.24) is 10.2 Å². The zero-order chi connectivity index (χ0) is 12.0. The quantitative estimate of drug-likeness (QED) is 0.680. The van der Waals surface area contributed by atoms with Crippen molar-refractivity contribution in [2.24, 2.45) is 0 Å². The summed E-state index contributed by atoms with van der Waals surface area (Å²) in [5, 5.41) is 2.93. The zero-order valence-corrected chi connectivity index (χ0v) is 9.99. The zero-order valence-electron chi connectivity index (χ0n) is 9.99. The predicted octanol–water partition coefficient (Wildman–Crippen LogP) is 0.150. The van der Waals surface area contributed by atoms with Crippen molar-refractivity contribution in [2.45, 2.75) is 32.2 Å². The Labute approximate surface area is 96.1 Å². The molecule has 1 fully saturated rings. The van der Waals surface area contributed by atoms with Crippen LogP contribution in [0.15, 0.2) is 0 Å². The molecule has 5 heteroatoms. The third-order valence-electron chi connectivity index (χ3n) is 2.85. The molecule has 0 radical (unpaired) electrons. The second-order valence-electron chi connectivity index (χ2n) is 3.95. The molecule has 0 aromatic carbocycles. The van der Waals surface area contributed by atoms with E-state index in [-0.39, 0.29) is 24.5 Å². The second kappa shape index (κ2) is 6.48. The van der Waals surface area contributed by atoms with Crippen molar-refractivity contribution in [2.75, 3.05) is 26.7 Å². The summed E-state index contributed by atoms with van der Waals surface area (Å²) in [5.41, 5.74) is 0. The Bertz CT molecular complexity index is 250. The Kier molecular flexibility index (Phi) is 5.25. The van der Waals surface area contributed by atoms with Gasteiger partial charge in [-0.25, -0.2) is 0 Å². The highest BCUT2D eigenvalue weighted by molar-refractivity contribution is 5.80. The standard InChI is InChI=1S/C11H20N2O3/c1-3-9(11(15)16-2)12-8-10(14)13-6-4-5-7-13/h9,12H,3-8H2,1-2H3/t9-/m0/s1. The van der Waals surface area contributed by atoms with Gasteiger partial charge in [0.1, 0.15) is 6.04 Å². The molecule has 1 rings (SSSR count). The first kappa shape index (κ1) is 13.0. The maximum absolute atomic E-state index is 11.7. The van der Waals surface area contributed by atoms with Crippen LogP contribution < -0.4 is 5.32 Å². The van der Waals surface area contributed by atoms with Gasteiger partial charge in [-0.3, -0.25) is 14.9 Å². The summed E-state index contributed by atoms with van der Waals surface area (Å²) < 4.78 is 4.63. The van der Waals surface area contributed by atoms with Gasteiger partial charge in [-0.1, -0.05) is 6.92 Å². The number of methoxy groups -OCH3 is 1. The Hall–Kier alpha value is -1.10. The van der Waals surface area contributed by atoms with Crippen LogP contribution in [-0.2, 0) is 14.3 Å². The average molecular weight is 228 g/mol. The number of nitrogens with one attached hydrogen (secondary N) is 1. The van der Waals surface area contributed by atoms with E-state index < -0.39 is 0 Å². The van der Waals surface area contributed by atoms with Crippen molar-refractivity contribution in [1.29, 1.82) is 0 Å². The van der Waals surface area contributed by atoms with Crippen molar-refractivity contribution < 1.29 is 14.3 Å². The molecule has 1 heterocycles. The lowest BCUT2D eigenvalue weighted by Crippen LogP contribution is -2.44. The van der Waals surface area contributed by atoms with E-state index in [9.17, 15) is 9.59 Å². The minimum Gasteiger partial charge on any atom is -0.468 e. The number of carbonyl (C=O) groups is 2. The molecule has 0 saturated carbocycles. The maximum Gasteiger partial charge on any atom is 0.322 e. The smallest absolute Gasteiger partial charge is 0.322 e. The van der Waals surface area contributed by atoms with Gasteiger partial charge in [0.15, 0.2) is 0 Å². The molecule has 1 saturated heterocycles. The van der Waals surface area contributed by atoms with Gasteiger partial charge in [-0.2, -0.15) is 0 Å². The first-order valence-corrected chi connectivity index (χ1v) is 5.78. The highest BCUT2D eigenvalue weighted by Gasteiger charge is 2.21. The summed E-state index contributed by atoms with van der Waals surface area (Å²) in [7, 11) is 1.36. The van der Waals surface area contributed by atoms with E-state index in [0.717, 1.165) is 25.9 Å². The van der Waals surface area contributed by atoms with Crippen LogP contribution in [0.25, 0.3) is 0 Å². The van der Waals surface area contributed by atoms with E-state index in [1.165, 1.54) is 7.11 Å². The number of ether oxygens (including phenoxy) is 1. The van der Waals surface area contributed by atoms with Crippen molar-refractivity contribution in [3.05, 3.63) is 0 Å². The molecule has 0 bridgehead atoms. The van der Waals surface area contributed by atoms with Crippen LogP contribution in [0, 0.1) is 0 Å². The fourth-order valence-electron chi connectivity index (χ4n) is 1.83. The van der Waals surface area contributed by atoms with Crippen LogP contribution in [-0.4, -0.2) is 49.6 Å². The Morgan fingerprint density at radius 1 is 1.38 bits per heavy atom. The SMILES string of the molecule is CC[C@H](NCC(=O)N1CCCC1)C(=O)OC. The largest absolute Gasteiger partial charge is 0.468 e. The molecule has 0 unspecified atom stereocenters. The van der Waals surface area contributed by atoms with Crippen LogP contribution in [0.5, 0.6) is 0 Å². The lowest BCUT2D eigenvalue weighted by Gasteiger charge is -2.18. The number of nitrogens with zero attached hydrogens (tertiary/aromatic N) is 1. The maximum atomic E-state index is 11.7. The summed E-state index contributed by atoms with van der Waals surface area (Å²) in [6.07, 6.45) is 2.79. The first-order valence-electron chi connectivity index (χ1n) is 5.78. The molecule has 1 atom stereocenters. The summed E-state index contributed by atoms with van der Waals surface area (Å²) in [6, 6.07) is -0.378. The highest BCUT2D eigenvalue weighted by atomic mass is 16.5. The minimum atomic E-state index is -0.378. The normalized spacial score (nSPS) is 17.2. The molecule has 1 amide bonds. The van der Waals surface area contributed by atoms with Crippen LogP contribution in [0.1, 0.15) is 26.2 Å². The highest BCUT2D eigenvalue weighted by Crippen LogP contribution is 2.07. The number of carbonyl (C=O) groups excluding carboxylic acids is 2. The van der Waals surface area contributed by atoms with Crippen LogP contribution >= 0.6 is 0 Å². The summed E-state index contributed by atoms with van der Waals surface area (Å²) in [4.78, 5) is 24.8. The molecule has 1 N–H and O–H groups in total. The topological polar surface area (TPSA) is 58.6 Å². The van der Waals surface area contributed by atoms with E-state index in [1.54, 1.807) is 0 Å². The van der Waals surface area contributed by atoms with E-state index in [4.69, 9.17) is 0 Å². The number of amides is 1. The van der Waals surface area contributed by atoms with Gasteiger partial charge in [0.2, 0.25) is 5.91 Å². The van der Waals surface area contributed by atoms with Crippen LogP contribution in [0.2, 0.25) is 0 Å². The van der Waals surface area contributed by atoms with Crippen molar-refractivity contribution >= 4 is 11.9 Å². The lowest BCUT2D eigenvalue weighted by atomic mass is 10.2. The molecule has 1 aliphatic rings. The molecule has 0 aliphatic carbocycles. The van der Waals surface area contributed by atoms with Gasteiger partial charge in [0.05, 0.1) is 13.7 Å². The van der Waals surface area contributed by atoms with Gasteiger partial charge in [-0.15, -0.1) is 0 Å². The Morgan fingerprint density at radius 2 is 2.00 bits per heavy atom. The summed E-state index contributed by atoms with van der Waals surface area (Å²) >= 11 is 0. The van der Waals surface area contributed by atoms with Gasteiger partial charge in [0.25, 0.3) is 0 Å². The van der Waals surface area contributed by atoms with Gasteiger partial charge >= 0.3 is 5.97 Å². The van der Waals surface area contributed by atoms with Crippen LogP contribution in [0.4, 0.5) is 0 Å². The van der Waals surface area contributed by atoms with Crippen LogP contribution in [0.3, 0.4) is 0 Å². The third kappa shape index (κ3) is 3.48. The van der Waals surface area contributed by atoms with E-state index in [1.807, 2.05) is 11.8 Å². The second-order valence-corrected chi connectivity index (χ2v) is 3.95. The molecule has 92 valence electrons. The van der Waals surface area contributed by atoms with Crippen molar-refractivity contribution in [3.8, 4) is 0 Å². The Balaban J connectivity index is 2.31. The molecular formula is C11H20N2O3. The third-order valence-corrected chi connectivity index (χ3v) is 2.85. The van der Waals surface area contributed by atoms with E-state index in [2.05, 4.69) is 10.1 Å². The van der Waals surface area contributed by atoms with E-state index >= 15 is 0 Å². The summed E-state index contributed by atoms with van der Waals surface area (Å²) in [5.74, 6) is -0.239. The number of hydrogen-bond acceptors (Lipinski definition) is 4. The van der Waals surface area contributed by atoms with Gasteiger partial charge in [-0.05, 0) is 19.3 Å². The molecule has 0 aromatic heterocycles. The monoisotopic (exact) mass is 228 g/mol. The predicted molar refractivity (Wildman–Crippen MR) is 59.9 cm³/mol. The minimum absolute atomic E-state index is 0.0693. The molecular weight excluding hydrogens is 208 g/mol.